The van der Waals surface area contributed by atoms with Gasteiger partial charge in [-0.15, -0.1) is 11.3 Å². The normalized spacial score (nSPS) is 10.8. The fourth-order valence-electron chi connectivity index (χ4n) is 2.65. The first-order valence-corrected chi connectivity index (χ1v) is 10.7. The number of carbonyl (C=O) groups excluding carboxylic acids is 2. The Morgan fingerprint density at radius 3 is 2.79 bits per heavy atom. The van der Waals surface area contributed by atoms with Gasteiger partial charge in [-0.25, -0.2) is 4.98 Å². The molecule has 0 bridgehead atoms. The standard InChI is InChI=1S/C21H17N3O3S2/c25-19(13-28-21-24-16-7-1-2-9-18(16)29-21)22-12-14-5-3-6-15(11-14)23-20(26)17-8-4-10-27-17/h1-11H,12-13H2,(H,22,25)(H,23,26). The molecule has 0 radical (unpaired) electrons. The highest BCUT2D eigenvalue weighted by Gasteiger charge is 2.10. The van der Waals surface area contributed by atoms with Crippen LogP contribution in [0, 0.1) is 0 Å². The van der Waals surface area contributed by atoms with E-state index in [0.717, 1.165) is 20.1 Å². The molecule has 6 nitrogen and oxygen atoms in total. The van der Waals surface area contributed by atoms with Crippen molar-refractivity contribution in [2.24, 2.45) is 0 Å². The average molecular weight is 424 g/mol. The number of thioether (sulfide) groups is 1. The van der Waals surface area contributed by atoms with E-state index in [-0.39, 0.29) is 17.6 Å². The number of furan rings is 1. The van der Waals surface area contributed by atoms with Gasteiger partial charge in [0, 0.05) is 12.2 Å². The molecule has 2 N–H and O–H groups in total. The molecule has 146 valence electrons. The van der Waals surface area contributed by atoms with Crippen molar-refractivity contribution in [2.75, 3.05) is 11.1 Å². The molecule has 8 heteroatoms. The summed E-state index contributed by atoms with van der Waals surface area (Å²) in [7, 11) is 0. The number of rotatable bonds is 7. The first kappa shape index (κ1) is 19.2. The van der Waals surface area contributed by atoms with Crippen LogP contribution >= 0.6 is 23.1 Å². The van der Waals surface area contributed by atoms with E-state index in [0.29, 0.717) is 18.0 Å². The van der Waals surface area contributed by atoms with E-state index in [1.807, 2.05) is 42.5 Å². The number of amides is 2. The number of hydrogen-bond acceptors (Lipinski definition) is 6. The molecule has 0 spiro atoms. The van der Waals surface area contributed by atoms with Crippen molar-refractivity contribution >= 4 is 50.8 Å². The van der Waals surface area contributed by atoms with E-state index in [1.54, 1.807) is 29.5 Å². The number of nitrogens with one attached hydrogen (secondary N) is 2. The predicted octanol–water partition coefficient (Wildman–Crippen LogP) is 4.55. The first-order chi connectivity index (χ1) is 14.2. The maximum atomic E-state index is 12.2. The molecular weight excluding hydrogens is 406 g/mol. The van der Waals surface area contributed by atoms with Crippen LogP contribution < -0.4 is 10.6 Å². The van der Waals surface area contributed by atoms with Gasteiger partial charge in [0.05, 0.1) is 22.2 Å². The fourth-order valence-corrected chi connectivity index (χ4v) is 4.55. The summed E-state index contributed by atoms with van der Waals surface area (Å²) >= 11 is 3.01. The van der Waals surface area contributed by atoms with Crippen LogP contribution in [-0.4, -0.2) is 22.6 Å². The van der Waals surface area contributed by atoms with Crippen LogP contribution in [0.25, 0.3) is 10.2 Å². The van der Waals surface area contributed by atoms with Gasteiger partial charge in [-0.1, -0.05) is 36.0 Å². The van der Waals surface area contributed by atoms with E-state index in [1.165, 1.54) is 18.0 Å². The Kier molecular flexibility index (Phi) is 5.92. The third-order valence-corrected chi connectivity index (χ3v) is 6.20. The highest BCUT2D eigenvalue weighted by molar-refractivity contribution is 8.01. The minimum absolute atomic E-state index is 0.0701. The Labute approximate surface area is 175 Å². The summed E-state index contributed by atoms with van der Waals surface area (Å²) in [5.74, 6) is 0.160. The lowest BCUT2D eigenvalue weighted by molar-refractivity contribution is -0.118. The van der Waals surface area contributed by atoms with Crippen LogP contribution in [0.15, 0.2) is 75.7 Å². The van der Waals surface area contributed by atoms with Crippen LogP contribution in [0.5, 0.6) is 0 Å². The topological polar surface area (TPSA) is 84.2 Å². The molecule has 29 heavy (non-hydrogen) atoms. The van der Waals surface area contributed by atoms with Gasteiger partial charge in [-0.3, -0.25) is 9.59 Å². The van der Waals surface area contributed by atoms with E-state index in [9.17, 15) is 9.59 Å². The minimum atomic E-state index is -0.316. The van der Waals surface area contributed by atoms with Gasteiger partial charge >= 0.3 is 0 Å². The van der Waals surface area contributed by atoms with E-state index >= 15 is 0 Å². The quantitative estimate of drug-likeness (QED) is 0.426. The Hall–Kier alpha value is -3.10. The molecule has 0 aliphatic rings. The van der Waals surface area contributed by atoms with Gasteiger partial charge in [-0.2, -0.15) is 0 Å². The fraction of sp³-hybridized carbons (Fsp3) is 0.0952. The van der Waals surface area contributed by atoms with Crippen molar-refractivity contribution in [3.63, 3.8) is 0 Å². The van der Waals surface area contributed by atoms with Crippen LogP contribution in [0.3, 0.4) is 0 Å². The van der Waals surface area contributed by atoms with Gasteiger partial charge in [0.2, 0.25) is 5.91 Å². The van der Waals surface area contributed by atoms with Gasteiger partial charge in [0.15, 0.2) is 10.1 Å². The van der Waals surface area contributed by atoms with Crippen molar-refractivity contribution in [1.82, 2.24) is 10.3 Å². The highest BCUT2D eigenvalue weighted by Crippen LogP contribution is 2.29. The molecule has 0 atom stereocenters. The zero-order chi connectivity index (χ0) is 20.1. The number of nitrogens with zero attached hydrogens (tertiary/aromatic N) is 1. The molecule has 0 aliphatic heterocycles. The Balaban J connectivity index is 1.28. The van der Waals surface area contributed by atoms with Gasteiger partial charge in [-0.05, 0) is 42.0 Å². The number of fused-ring (bicyclic) bond motifs is 1. The zero-order valence-corrected chi connectivity index (χ0v) is 16.9. The summed E-state index contributed by atoms with van der Waals surface area (Å²) in [6.07, 6.45) is 1.45. The van der Waals surface area contributed by atoms with Crippen LogP contribution in [0.4, 0.5) is 5.69 Å². The zero-order valence-electron chi connectivity index (χ0n) is 15.3. The third kappa shape index (κ3) is 5.04. The van der Waals surface area contributed by atoms with Crippen LogP contribution in [-0.2, 0) is 11.3 Å². The number of benzene rings is 2. The SMILES string of the molecule is O=C(CSc1nc2ccccc2s1)NCc1cccc(NC(=O)c2ccco2)c1. The van der Waals surface area contributed by atoms with Crippen molar-refractivity contribution in [1.29, 1.82) is 0 Å². The number of anilines is 1. The lowest BCUT2D eigenvalue weighted by atomic mass is 10.2. The van der Waals surface area contributed by atoms with Crippen LogP contribution in [0.1, 0.15) is 16.1 Å². The molecular formula is C21H17N3O3S2. The number of hydrogen-bond donors (Lipinski definition) is 2. The van der Waals surface area contributed by atoms with Gasteiger partial charge in [0.1, 0.15) is 0 Å². The van der Waals surface area contributed by atoms with Gasteiger partial charge < -0.3 is 15.1 Å². The monoisotopic (exact) mass is 423 g/mol. The maximum absolute atomic E-state index is 12.2. The average Bonchev–Trinajstić information content (AvgIpc) is 3.40. The molecule has 2 aromatic heterocycles. The van der Waals surface area contributed by atoms with Crippen molar-refractivity contribution in [3.8, 4) is 0 Å². The van der Waals surface area contributed by atoms with Crippen molar-refractivity contribution in [2.45, 2.75) is 10.9 Å². The Bertz CT molecular complexity index is 1110. The second-order valence-corrected chi connectivity index (χ2v) is 8.40. The molecule has 2 aromatic carbocycles. The largest absolute Gasteiger partial charge is 0.459 e. The molecule has 0 aliphatic carbocycles. The van der Waals surface area contributed by atoms with E-state index < -0.39 is 0 Å². The summed E-state index contributed by atoms with van der Waals surface area (Å²) in [5, 5.41) is 5.67. The van der Waals surface area contributed by atoms with E-state index in [4.69, 9.17) is 4.42 Å². The Morgan fingerprint density at radius 2 is 1.97 bits per heavy atom. The number of carbonyl (C=O) groups is 2. The number of thiazole rings is 1. The lowest BCUT2D eigenvalue weighted by Crippen LogP contribution is -2.24. The van der Waals surface area contributed by atoms with Crippen molar-refractivity contribution in [3.05, 3.63) is 78.3 Å². The summed E-state index contributed by atoms with van der Waals surface area (Å²) < 4.78 is 7.08. The third-order valence-electron chi connectivity index (χ3n) is 4.02. The molecule has 0 fully saturated rings. The van der Waals surface area contributed by atoms with Crippen molar-refractivity contribution < 1.29 is 14.0 Å². The van der Waals surface area contributed by atoms with E-state index in [2.05, 4.69) is 15.6 Å². The lowest BCUT2D eigenvalue weighted by Gasteiger charge is -2.08. The minimum Gasteiger partial charge on any atom is -0.459 e. The second-order valence-electron chi connectivity index (χ2n) is 6.14. The molecule has 0 unspecified atom stereocenters. The molecule has 4 aromatic rings. The molecule has 0 saturated heterocycles. The summed E-state index contributed by atoms with van der Waals surface area (Å²) in [6, 6.07) is 18.5. The van der Waals surface area contributed by atoms with Crippen LogP contribution in [0.2, 0.25) is 0 Å². The molecule has 2 heterocycles. The first-order valence-electron chi connectivity index (χ1n) is 8.86. The summed E-state index contributed by atoms with van der Waals surface area (Å²) in [5.41, 5.74) is 2.48. The molecule has 0 saturated carbocycles. The summed E-state index contributed by atoms with van der Waals surface area (Å²) in [4.78, 5) is 28.8. The number of aromatic nitrogens is 1. The molecule has 4 rings (SSSR count). The number of para-hydroxylation sites is 1. The summed E-state index contributed by atoms with van der Waals surface area (Å²) in [6.45, 7) is 0.379. The predicted molar refractivity (Wildman–Crippen MR) is 115 cm³/mol. The highest BCUT2D eigenvalue weighted by atomic mass is 32.2. The smallest absolute Gasteiger partial charge is 0.291 e. The van der Waals surface area contributed by atoms with Gasteiger partial charge in [0.25, 0.3) is 5.91 Å². The molecule has 2 amide bonds. The maximum Gasteiger partial charge on any atom is 0.291 e. The Morgan fingerprint density at radius 1 is 1.07 bits per heavy atom. The second kappa shape index (κ2) is 8.93.